The van der Waals surface area contributed by atoms with Gasteiger partial charge in [-0.3, -0.25) is 4.79 Å². The van der Waals surface area contributed by atoms with Gasteiger partial charge in [-0.1, -0.05) is 0 Å². The van der Waals surface area contributed by atoms with E-state index >= 15 is 0 Å². The van der Waals surface area contributed by atoms with E-state index in [0.717, 1.165) is 12.1 Å². The van der Waals surface area contributed by atoms with Crippen LogP contribution in [0.1, 0.15) is 21.8 Å². The maximum Gasteiger partial charge on any atom is 0.182 e. The van der Waals surface area contributed by atoms with Gasteiger partial charge in [0.05, 0.1) is 5.51 Å². The monoisotopic (exact) mass is 139 g/mol. The zero-order valence-electron chi connectivity index (χ0n) is 4.76. The fraction of sp³-hybridized carbons (Fsp3) is 0.333. The molecule has 3 heteroatoms. The van der Waals surface area contributed by atoms with Gasteiger partial charge in [0.25, 0.3) is 0 Å². The number of thiazole rings is 1. The van der Waals surface area contributed by atoms with E-state index in [0.29, 0.717) is 6.42 Å². The predicted molar refractivity (Wildman–Crippen MR) is 34.8 cm³/mol. The number of hydrogen-bond donors (Lipinski definition) is 0. The van der Waals surface area contributed by atoms with Gasteiger partial charge in [-0.15, -0.1) is 11.3 Å². The van der Waals surface area contributed by atoms with E-state index in [-0.39, 0.29) is 5.78 Å². The smallest absolute Gasteiger partial charge is 0.182 e. The number of hydrogen-bond acceptors (Lipinski definition) is 3. The van der Waals surface area contributed by atoms with Crippen molar-refractivity contribution in [2.45, 2.75) is 12.8 Å². The van der Waals surface area contributed by atoms with Gasteiger partial charge in [-0.2, -0.15) is 0 Å². The Hall–Kier alpha value is -0.700. The lowest BCUT2D eigenvalue weighted by molar-refractivity contribution is 0.0990. The molecule has 1 aliphatic rings. The first-order valence-electron chi connectivity index (χ1n) is 2.83. The molecule has 0 N–H and O–H groups in total. The van der Waals surface area contributed by atoms with Crippen molar-refractivity contribution in [3.8, 4) is 0 Å². The minimum atomic E-state index is 0.214. The largest absolute Gasteiger partial charge is 0.292 e. The molecular weight excluding hydrogens is 134 g/mol. The minimum absolute atomic E-state index is 0.214. The molecule has 2 nitrogen and oxygen atoms in total. The second-order valence-electron chi connectivity index (χ2n) is 2.05. The topological polar surface area (TPSA) is 30.0 Å². The average Bonchev–Trinajstić information content (AvgIpc) is 2.35. The summed E-state index contributed by atoms with van der Waals surface area (Å²) in [5, 5.41) is 0. The Morgan fingerprint density at radius 3 is 3.22 bits per heavy atom. The highest BCUT2D eigenvalue weighted by Crippen LogP contribution is 2.23. The molecule has 0 unspecified atom stereocenters. The van der Waals surface area contributed by atoms with Gasteiger partial charge in [0, 0.05) is 11.3 Å². The Balaban J connectivity index is 2.61. The molecule has 0 spiro atoms. The van der Waals surface area contributed by atoms with Crippen molar-refractivity contribution in [2.75, 3.05) is 0 Å². The number of aryl methyl sites for hydroxylation is 1. The summed E-state index contributed by atoms with van der Waals surface area (Å²) in [5.74, 6) is 0.214. The third-order valence-corrected chi connectivity index (χ3v) is 2.38. The Kier molecular flexibility index (Phi) is 0.931. The zero-order chi connectivity index (χ0) is 6.27. The minimum Gasteiger partial charge on any atom is -0.292 e. The van der Waals surface area contributed by atoms with Crippen molar-refractivity contribution < 1.29 is 4.79 Å². The first-order chi connectivity index (χ1) is 4.38. The number of nitrogens with zero attached hydrogens (tertiary/aromatic N) is 1. The van der Waals surface area contributed by atoms with Crippen LogP contribution in [0.15, 0.2) is 5.51 Å². The molecule has 0 aliphatic heterocycles. The fourth-order valence-corrected chi connectivity index (χ4v) is 1.80. The molecular formula is C6H5NOS. The maximum absolute atomic E-state index is 10.9. The summed E-state index contributed by atoms with van der Waals surface area (Å²) < 4.78 is 0. The summed E-state index contributed by atoms with van der Waals surface area (Å²) in [6.45, 7) is 0. The Morgan fingerprint density at radius 1 is 1.56 bits per heavy atom. The molecule has 0 fully saturated rings. The number of carbonyl (C=O) groups is 1. The number of ketones is 1. The molecule has 46 valence electrons. The van der Waals surface area contributed by atoms with Crippen LogP contribution in [0.5, 0.6) is 0 Å². The van der Waals surface area contributed by atoms with Crippen molar-refractivity contribution in [3.63, 3.8) is 0 Å². The molecule has 1 heterocycles. The summed E-state index contributed by atoms with van der Waals surface area (Å²) in [5.41, 5.74) is 2.46. The first kappa shape index (κ1) is 5.11. The fourth-order valence-electron chi connectivity index (χ4n) is 1.02. The van der Waals surface area contributed by atoms with Crippen molar-refractivity contribution in [2.24, 2.45) is 0 Å². The highest BCUT2D eigenvalue weighted by Gasteiger charge is 2.21. The van der Waals surface area contributed by atoms with Crippen molar-refractivity contribution >= 4 is 17.1 Å². The highest BCUT2D eigenvalue weighted by atomic mass is 32.1. The Bertz CT molecular complexity index is 253. The van der Waals surface area contributed by atoms with Crippen LogP contribution < -0.4 is 0 Å². The van der Waals surface area contributed by atoms with E-state index in [1.54, 1.807) is 16.8 Å². The molecule has 0 atom stereocenters. The van der Waals surface area contributed by atoms with Gasteiger partial charge in [-0.05, 0) is 6.42 Å². The van der Waals surface area contributed by atoms with Crippen LogP contribution in [-0.2, 0) is 6.42 Å². The van der Waals surface area contributed by atoms with Crippen LogP contribution in [-0.4, -0.2) is 10.8 Å². The Labute approximate surface area is 56.5 Å². The van der Waals surface area contributed by atoms with Crippen molar-refractivity contribution in [3.05, 3.63) is 16.1 Å². The lowest BCUT2D eigenvalue weighted by Crippen LogP contribution is -1.90. The molecule has 0 bridgehead atoms. The van der Waals surface area contributed by atoms with Gasteiger partial charge < -0.3 is 0 Å². The summed E-state index contributed by atoms with van der Waals surface area (Å²) in [7, 11) is 0. The Morgan fingerprint density at radius 2 is 2.44 bits per heavy atom. The summed E-state index contributed by atoms with van der Waals surface area (Å²) >= 11 is 1.58. The SMILES string of the molecule is O=C1CCc2scnc21. The third-order valence-electron chi connectivity index (χ3n) is 1.48. The summed E-state index contributed by atoms with van der Waals surface area (Å²) in [6.07, 6.45) is 1.59. The second-order valence-corrected chi connectivity index (χ2v) is 2.99. The standard InChI is InChI=1S/C6H5NOS/c8-4-1-2-5-6(4)7-3-9-5/h3H,1-2H2. The summed E-state index contributed by atoms with van der Waals surface area (Å²) in [6, 6.07) is 0. The summed E-state index contributed by atoms with van der Waals surface area (Å²) in [4.78, 5) is 16.0. The number of fused-ring (bicyclic) bond motifs is 1. The van der Waals surface area contributed by atoms with E-state index in [1.807, 2.05) is 0 Å². The van der Waals surface area contributed by atoms with Crippen LogP contribution in [0.4, 0.5) is 0 Å². The second kappa shape index (κ2) is 1.64. The predicted octanol–water partition coefficient (Wildman–Crippen LogP) is 1.27. The van der Waals surface area contributed by atoms with E-state index in [2.05, 4.69) is 4.98 Å². The molecule has 2 rings (SSSR count). The molecule has 0 aromatic carbocycles. The lowest BCUT2D eigenvalue weighted by Gasteiger charge is -1.77. The normalized spacial score (nSPS) is 16.2. The van der Waals surface area contributed by atoms with Crippen LogP contribution in [0.3, 0.4) is 0 Å². The van der Waals surface area contributed by atoms with E-state index in [1.165, 1.54) is 4.88 Å². The van der Waals surface area contributed by atoms with Gasteiger partial charge >= 0.3 is 0 Å². The molecule has 1 aliphatic carbocycles. The van der Waals surface area contributed by atoms with Gasteiger partial charge in [-0.25, -0.2) is 4.98 Å². The maximum atomic E-state index is 10.9. The van der Waals surface area contributed by atoms with Crippen LogP contribution in [0, 0.1) is 0 Å². The number of carbonyl (C=O) groups excluding carboxylic acids is 1. The molecule has 0 amide bonds. The lowest BCUT2D eigenvalue weighted by atomic mass is 10.3. The average molecular weight is 139 g/mol. The van der Waals surface area contributed by atoms with E-state index < -0.39 is 0 Å². The van der Waals surface area contributed by atoms with Crippen molar-refractivity contribution in [1.82, 2.24) is 4.98 Å². The number of Topliss-reactive ketones (excluding diaryl/α,β-unsaturated/α-hetero) is 1. The highest BCUT2D eigenvalue weighted by molar-refractivity contribution is 7.10. The molecule has 1 aromatic rings. The van der Waals surface area contributed by atoms with Crippen LogP contribution >= 0.6 is 11.3 Å². The van der Waals surface area contributed by atoms with Gasteiger partial charge in [0.1, 0.15) is 5.69 Å². The molecule has 0 saturated carbocycles. The zero-order valence-corrected chi connectivity index (χ0v) is 5.57. The van der Waals surface area contributed by atoms with Gasteiger partial charge in [0.15, 0.2) is 5.78 Å². The van der Waals surface area contributed by atoms with Crippen molar-refractivity contribution in [1.29, 1.82) is 0 Å². The molecule has 9 heavy (non-hydrogen) atoms. The number of aromatic nitrogens is 1. The molecule has 1 aromatic heterocycles. The molecule has 0 saturated heterocycles. The van der Waals surface area contributed by atoms with Gasteiger partial charge in [0.2, 0.25) is 0 Å². The first-order valence-corrected chi connectivity index (χ1v) is 3.71. The van der Waals surface area contributed by atoms with E-state index in [4.69, 9.17) is 0 Å². The quantitative estimate of drug-likeness (QED) is 0.541. The third kappa shape index (κ3) is 0.612. The molecule has 0 radical (unpaired) electrons. The van der Waals surface area contributed by atoms with Crippen LogP contribution in [0.2, 0.25) is 0 Å². The number of rotatable bonds is 0. The van der Waals surface area contributed by atoms with E-state index in [9.17, 15) is 4.79 Å². The van der Waals surface area contributed by atoms with Crippen LogP contribution in [0.25, 0.3) is 0 Å².